The molecule has 0 heterocycles. The average Bonchev–Trinajstić information content (AvgIpc) is 3.10. The maximum atomic E-state index is 12.2. The van der Waals surface area contributed by atoms with E-state index in [0.717, 1.165) is 55.5 Å². The molecule has 2 saturated carbocycles. The molecule has 2 aliphatic rings. The standard InChI is InChI=1S/C20H30N2O3/c1-14-18(10-5-11-19(14)25-17-8-2-3-9-17)22-20(24)21-13-15-6-4-7-16(23)12-15/h5,10-11,15-17,23H,2-4,6-9,12-13H2,1H3,(H2,21,22,24). The van der Waals surface area contributed by atoms with Crippen LogP contribution in [-0.2, 0) is 0 Å². The summed E-state index contributed by atoms with van der Waals surface area (Å²) >= 11 is 0. The van der Waals surface area contributed by atoms with E-state index in [4.69, 9.17) is 4.74 Å². The lowest BCUT2D eigenvalue weighted by Gasteiger charge is -2.26. The Morgan fingerprint density at radius 1 is 1.20 bits per heavy atom. The van der Waals surface area contributed by atoms with E-state index in [1.807, 2.05) is 25.1 Å². The van der Waals surface area contributed by atoms with Crippen molar-refractivity contribution in [1.82, 2.24) is 5.32 Å². The van der Waals surface area contributed by atoms with Crippen molar-refractivity contribution in [3.8, 4) is 5.75 Å². The fraction of sp³-hybridized carbons (Fsp3) is 0.650. The maximum absolute atomic E-state index is 12.2. The summed E-state index contributed by atoms with van der Waals surface area (Å²) in [5.41, 5.74) is 1.76. The molecule has 1 aromatic carbocycles. The highest BCUT2D eigenvalue weighted by Gasteiger charge is 2.21. The monoisotopic (exact) mass is 346 g/mol. The Morgan fingerprint density at radius 3 is 2.76 bits per heavy atom. The summed E-state index contributed by atoms with van der Waals surface area (Å²) in [5.74, 6) is 1.23. The predicted molar refractivity (Wildman–Crippen MR) is 99.0 cm³/mol. The number of ether oxygens (including phenoxy) is 1. The topological polar surface area (TPSA) is 70.6 Å². The highest BCUT2D eigenvalue weighted by atomic mass is 16.5. The van der Waals surface area contributed by atoms with Crippen LogP contribution in [-0.4, -0.2) is 29.9 Å². The Kier molecular flexibility index (Phi) is 6.19. The lowest BCUT2D eigenvalue weighted by molar-refractivity contribution is 0.101. The molecule has 5 nitrogen and oxygen atoms in total. The minimum atomic E-state index is -0.213. The lowest BCUT2D eigenvalue weighted by Crippen LogP contribution is -2.35. The third-order valence-corrected chi connectivity index (χ3v) is 5.43. The number of urea groups is 1. The van der Waals surface area contributed by atoms with Gasteiger partial charge in [-0.15, -0.1) is 0 Å². The Hall–Kier alpha value is -1.75. The van der Waals surface area contributed by atoms with Crippen LogP contribution in [0, 0.1) is 12.8 Å². The number of hydrogen-bond acceptors (Lipinski definition) is 3. The van der Waals surface area contributed by atoms with Crippen LogP contribution in [0.5, 0.6) is 5.75 Å². The van der Waals surface area contributed by atoms with Crippen LogP contribution in [0.15, 0.2) is 18.2 Å². The van der Waals surface area contributed by atoms with Gasteiger partial charge >= 0.3 is 6.03 Å². The molecule has 0 aromatic heterocycles. The Bertz CT molecular complexity index is 584. The van der Waals surface area contributed by atoms with Crippen LogP contribution in [0.3, 0.4) is 0 Å². The Balaban J connectivity index is 1.52. The van der Waals surface area contributed by atoms with Gasteiger partial charge in [0.05, 0.1) is 12.2 Å². The fourth-order valence-electron chi connectivity index (χ4n) is 3.91. The molecule has 5 heteroatoms. The van der Waals surface area contributed by atoms with Crippen LogP contribution in [0.2, 0.25) is 0 Å². The third-order valence-electron chi connectivity index (χ3n) is 5.43. The van der Waals surface area contributed by atoms with Crippen molar-refractivity contribution in [3.63, 3.8) is 0 Å². The summed E-state index contributed by atoms with van der Waals surface area (Å²) in [7, 11) is 0. The van der Waals surface area contributed by atoms with Crippen molar-refractivity contribution < 1.29 is 14.6 Å². The quantitative estimate of drug-likeness (QED) is 0.755. The first-order chi connectivity index (χ1) is 12.1. The third kappa shape index (κ3) is 5.11. The molecule has 2 unspecified atom stereocenters. The van der Waals surface area contributed by atoms with Gasteiger partial charge in [0.25, 0.3) is 0 Å². The van der Waals surface area contributed by atoms with E-state index < -0.39 is 0 Å². The predicted octanol–water partition coefficient (Wildman–Crippen LogP) is 3.99. The molecule has 25 heavy (non-hydrogen) atoms. The van der Waals surface area contributed by atoms with Gasteiger partial charge in [-0.1, -0.05) is 12.5 Å². The van der Waals surface area contributed by atoms with Gasteiger partial charge < -0.3 is 20.5 Å². The molecule has 2 aliphatic carbocycles. The number of anilines is 1. The second kappa shape index (κ2) is 8.56. The van der Waals surface area contributed by atoms with Gasteiger partial charge in [0.1, 0.15) is 5.75 Å². The number of hydrogen-bond donors (Lipinski definition) is 3. The number of aliphatic hydroxyl groups excluding tert-OH is 1. The van der Waals surface area contributed by atoms with Crippen molar-refractivity contribution in [2.45, 2.75) is 70.5 Å². The first kappa shape index (κ1) is 18.1. The minimum absolute atomic E-state index is 0.193. The first-order valence-electron chi connectivity index (χ1n) is 9.61. The second-order valence-corrected chi connectivity index (χ2v) is 7.47. The summed E-state index contributed by atoms with van der Waals surface area (Å²) in [6.07, 6.45) is 8.57. The number of rotatable bonds is 5. The van der Waals surface area contributed by atoms with Gasteiger partial charge in [0.2, 0.25) is 0 Å². The molecule has 0 bridgehead atoms. The molecule has 1 aromatic rings. The van der Waals surface area contributed by atoms with Crippen LogP contribution in [0.1, 0.15) is 56.9 Å². The van der Waals surface area contributed by atoms with E-state index in [1.165, 1.54) is 12.8 Å². The Morgan fingerprint density at radius 2 is 2.00 bits per heavy atom. The molecular weight excluding hydrogens is 316 g/mol. The Labute approximate surface area is 150 Å². The summed E-state index contributed by atoms with van der Waals surface area (Å²) < 4.78 is 6.10. The number of aliphatic hydroxyl groups is 1. The molecule has 2 amide bonds. The lowest BCUT2D eigenvalue weighted by atomic mass is 9.87. The van der Waals surface area contributed by atoms with E-state index in [9.17, 15) is 9.90 Å². The van der Waals surface area contributed by atoms with Crippen molar-refractivity contribution in [2.24, 2.45) is 5.92 Å². The summed E-state index contributed by atoms with van der Waals surface area (Å²) in [6.45, 7) is 2.59. The largest absolute Gasteiger partial charge is 0.490 e. The van der Waals surface area contributed by atoms with Gasteiger partial charge in [-0.05, 0) is 69.9 Å². The molecule has 0 saturated heterocycles. The zero-order valence-corrected chi connectivity index (χ0v) is 15.1. The van der Waals surface area contributed by atoms with Crippen molar-refractivity contribution in [2.75, 3.05) is 11.9 Å². The molecule has 2 atom stereocenters. The highest BCUT2D eigenvalue weighted by molar-refractivity contribution is 5.90. The van der Waals surface area contributed by atoms with Gasteiger partial charge in [-0.3, -0.25) is 0 Å². The van der Waals surface area contributed by atoms with Gasteiger partial charge in [-0.25, -0.2) is 4.79 Å². The first-order valence-corrected chi connectivity index (χ1v) is 9.61. The van der Waals surface area contributed by atoms with Crippen molar-refractivity contribution in [3.05, 3.63) is 23.8 Å². The van der Waals surface area contributed by atoms with Crippen LogP contribution < -0.4 is 15.4 Å². The molecule has 138 valence electrons. The molecule has 2 fully saturated rings. The van der Waals surface area contributed by atoms with Crippen LogP contribution >= 0.6 is 0 Å². The van der Waals surface area contributed by atoms with Crippen molar-refractivity contribution >= 4 is 11.7 Å². The number of nitrogens with one attached hydrogen (secondary N) is 2. The maximum Gasteiger partial charge on any atom is 0.319 e. The summed E-state index contributed by atoms with van der Waals surface area (Å²) in [4.78, 5) is 12.2. The fourth-order valence-corrected chi connectivity index (χ4v) is 3.91. The zero-order chi connectivity index (χ0) is 17.6. The number of benzene rings is 1. The molecule has 3 rings (SSSR count). The normalized spacial score (nSPS) is 24.1. The van der Waals surface area contributed by atoms with Gasteiger partial charge in [0, 0.05) is 17.8 Å². The van der Waals surface area contributed by atoms with Gasteiger partial charge in [0.15, 0.2) is 0 Å². The zero-order valence-electron chi connectivity index (χ0n) is 15.1. The number of carbonyl (C=O) groups excluding carboxylic acids is 1. The summed E-state index contributed by atoms with van der Waals surface area (Å²) in [6, 6.07) is 5.60. The SMILES string of the molecule is Cc1c(NC(=O)NCC2CCCC(O)C2)cccc1OC1CCCC1. The molecule has 0 aliphatic heterocycles. The van der Waals surface area contributed by atoms with E-state index >= 15 is 0 Å². The molecular formula is C20H30N2O3. The average molecular weight is 346 g/mol. The smallest absolute Gasteiger partial charge is 0.319 e. The van der Waals surface area contributed by atoms with E-state index in [2.05, 4.69) is 10.6 Å². The highest BCUT2D eigenvalue weighted by Crippen LogP contribution is 2.30. The van der Waals surface area contributed by atoms with Gasteiger partial charge in [-0.2, -0.15) is 0 Å². The molecule has 3 N–H and O–H groups in total. The van der Waals surface area contributed by atoms with E-state index in [1.54, 1.807) is 0 Å². The number of amides is 2. The molecule has 0 radical (unpaired) electrons. The summed E-state index contributed by atoms with van der Waals surface area (Å²) in [5, 5.41) is 15.6. The minimum Gasteiger partial charge on any atom is -0.490 e. The second-order valence-electron chi connectivity index (χ2n) is 7.47. The molecule has 0 spiro atoms. The van der Waals surface area contributed by atoms with Crippen LogP contribution in [0.25, 0.3) is 0 Å². The van der Waals surface area contributed by atoms with E-state index in [0.29, 0.717) is 18.6 Å². The van der Waals surface area contributed by atoms with E-state index in [-0.39, 0.29) is 12.1 Å². The van der Waals surface area contributed by atoms with Crippen molar-refractivity contribution in [1.29, 1.82) is 0 Å². The van der Waals surface area contributed by atoms with Crippen LogP contribution in [0.4, 0.5) is 10.5 Å². The number of carbonyl (C=O) groups is 1.